The summed E-state index contributed by atoms with van der Waals surface area (Å²) in [6.07, 6.45) is 3.43. The Kier molecular flexibility index (Phi) is 7.06. The van der Waals surface area contributed by atoms with Crippen LogP contribution in [0.2, 0.25) is 0 Å². The average Bonchev–Trinajstić information content (AvgIpc) is 2.06. The van der Waals surface area contributed by atoms with Gasteiger partial charge in [-0.3, -0.25) is 0 Å². The Morgan fingerprint density at radius 2 is 2.25 bits per heavy atom. The van der Waals surface area contributed by atoms with Gasteiger partial charge in [-0.05, 0) is 18.8 Å². The Morgan fingerprint density at radius 1 is 1.58 bits per heavy atom. The molecule has 2 heteroatoms. The summed E-state index contributed by atoms with van der Waals surface area (Å²) < 4.78 is 5.53. The van der Waals surface area contributed by atoms with E-state index in [9.17, 15) is 4.79 Å². The molecule has 0 rings (SSSR count). The molecule has 0 heterocycles. The lowest BCUT2D eigenvalue weighted by Crippen LogP contribution is -2.21. The van der Waals surface area contributed by atoms with Gasteiger partial charge in [0.1, 0.15) is 6.29 Å². The molecular weight excluding hydrogens is 152 g/mol. The van der Waals surface area contributed by atoms with Crippen LogP contribution in [0.5, 0.6) is 0 Å². The molecule has 0 aliphatic rings. The van der Waals surface area contributed by atoms with Gasteiger partial charge in [0, 0.05) is 13.0 Å². The first-order valence-electron chi connectivity index (χ1n) is 4.60. The van der Waals surface area contributed by atoms with E-state index in [0.717, 1.165) is 25.7 Å². The molecule has 0 saturated heterocycles. The third kappa shape index (κ3) is 4.50. The minimum absolute atomic E-state index is 0.148. The summed E-state index contributed by atoms with van der Waals surface area (Å²) in [7, 11) is 0. The highest BCUT2D eigenvalue weighted by Crippen LogP contribution is 2.13. The van der Waals surface area contributed by atoms with Crippen LogP contribution in [0, 0.1) is 12.8 Å². The zero-order valence-electron chi connectivity index (χ0n) is 8.08. The van der Waals surface area contributed by atoms with Gasteiger partial charge in [-0.25, -0.2) is 0 Å². The average molecular weight is 171 g/mol. The lowest BCUT2D eigenvalue weighted by molar-refractivity contribution is -0.109. The van der Waals surface area contributed by atoms with E-state index in [-0.39, 0.29) is 6.10 Å². The molecule has 0 aromatic heterocycles. The summed E-state index contributed by atoms with van der Waals surface area (Å²) in [6.45, 7) is 8.67. The van der Waals surface area contributed by atoms with E-state index in [1.54, 1.807) is 0 Å². The third-order valence-corrected chi connectivity index (χ3v) is 1.92. The number of rotatable bonds is 7. The molecule has 0 spiro atoms. The van der Waals surface area contributed by atoms with E-state index < -0.39 is 0 Å². The van der Waals surface area contributed by atoms with Crippen LogP contribution in [-0.2, 0) is 9.53 Å². The standard InChI is InChI=1S/C10H19O2/c1-4-8-12-10(5-2)9(3)6-7-11/h7,9-10H,2,4-6,8H2,1,3H3. The van der Waals surface area contributed by atoms with Crippen LogP contribution in [0.15, 0.2) is 0 Å². The Bertz CT molecular complexity index is 112. The Morgan fingerprint density at radius 3 is 2.67 bits per heavy atom. The van der Waals surface area contributed by atoms with Gasteiger partial charge < -0.3 is 9.53 Å². The quantitative estimate of drug-likeness (QED) is 0.549. The first kappa shape index (κ1) is 11.6. The Balaban J connectivity index is 3.69. The fraction of sp³-hybridized carbons (Fsp3) is 0.800. The van der Waals surface area contributed by atoms with Crippen LogP contribution in [0.4, 0.5) is 0 Å². The molecule has 0 bridgehead atoms. The smallest absolute Gasteiger partial charge is 0.120 e. The Labute approximate surface area is 75.3 Å². The molecular formula is C10H19O2. The highest BCUT2D eigenvalue weighted by atomic mass is 16.5. The van der Waals surface area contributed by atoms with Gasteiger partial charge in [-0.2, -0.15) is 0 Å². The lowest BCUT2D eigenvalue weighted by Gasteiger charge is -2.20. The molecule has 71 valence electrons. The minimum Gasteiger partial charge on any atom is -0.378 e. The minimum atomic E-state index is 0.148. The molecule has 0 N–H and O–H groups in total. The van der Waals surface area contributed by atoms with Gasteiger partial charge in [0.2, 0.25) is 0 Å². The van der Waals surface area contributed by atoms with Gasteiger partial charge in [0.25, 0.3) is 0 Å². The summed E-state index contributed by atoms with van der Waals surface area (Å²) in [5.74, 6) is 0.298. The molecule has 0 aromatic rings. The summed E-state index contributed by atoms with van der Waals surface area (Å²) >= 11 is 0. The highest BCUT2D eigenvalue weighted by molar-refractivity contribution is 5.49. The molecule has 0 aromatic carbocycles. The third-order valence-electron chi connectivity index (χ3n) is 1.92. The number of carbonyl (C=O) groups is 1. The SMILES string of the molecule is [CH2]CC(OCCC)C(C)CC=O. The van der Waals surface area contributed by atoms with Crippen LogP contribution in [-0.4, -0.2) is 19.0 Å². The summed E-state index contributed by atoms with van der Waals surface area (Å²) in [5.41, 5.74) is 0. The van der Waals surface area contributed by atoms with Gasteiger partial charge in [-0.15, -0.1) is 0 Å². The van der Waals surface area contributed by atoms with Crippen molar-refractivity contribution in [2.75, 3.05) is 6.61 Å². The molecule has 0 amide bonds. The van der Waals surface area contributed by atoms with Gasteiger partial charge in [0.15, 0.2) is 0 Å². The Hall–Kier alpha value is -0.370. The lowest BCUT2D eigenvalue weighted by atomic mass is 9.99. The van der Waals surface area contributed by atoms with E-state index >= 15 is 0 Å². The van der Waals surface area contributed by atoms with Crippen molar-refractivity contribution in [3.05, 3.63) is 6.92 Å². The van der Waals surface area contributed by atoms with Crippen LogP contribution >= 0.6 is 0 Å². The normalized spacial score (nSPS) is 15.6. The first-order valence-corrected chi connectivity index (χ1v) is 4.60. The van der Waals surface area contributed by atoms with Gasteiger partial charge >= 0.3 is 0 Å². The molecule has 2 atom stereocenters. The molecule has 0 saturated carbocycles. The van der Waals surface area contributed by atoms with Crippen molar-refractivity contribution < 1.29 is 9.53 Å². The molecule has 2 nitrogen and oxygen atoms in total. The van der Waals surface area contributed by atoms with Crippen molar-refractivity contribution in [3.63, 3.8) is 0 Å². The number of carbonyl (C=O) groups excluding carboxylic acids is 1. The number of aldehydes is 1. The van der Waals surface area contributed by atoms with Crippen molar-refractivity contribution in [2.45, 2.75) is 39.2 Å². The topological polar surface area (TPSA) is 26.3 Å². The zero-order chi connectivity index (χ0) is 9.40. The number of ether oxygens (including phenoxy) is 1. The molecule has 0 aliphatic heterocycles. The molecule has 12 heavy (non-hydrogen) atoms. The zero-order valence-corrected chi connectivity index (χ0v) is 8.08. The second-order valence-electron chi connectivity index (χ2n) is 3.08. The number of hydrogen-bond acceptors (Lipinski definition) is 2. The van der Waals surface area contributed by atoms with Gasteiger partial charge in [0.05, 0.1) is 6.10 Å². The number of hydrogen-bond donors (Lipinski definition) is 0. The predicted octanol–water partition coefficient (Wildman–Crippen LogP) is 2.23. The maximum atomic E-state index is 10.2. The van der Waals surface area contributed by atoms with Crippen molar-refractivity contribution in [1.82, 2.24) is 0 Å². The van der Waals surface area contributed by atoms with Crippen LogP contribution in [0.1, 0.15) is 33.1 Å². The maximum Gasteiger partial charge on any atom is 0.120 e. The van der Waals surface area contributed by atoms with Crippen molar-refractivity contribution in [2.24, 2.45) is 5.92 Å². The van der Waals surface area contributed by atoms with Crippen LogP contribution in [0.3, 0.4) is 0 Å². The van der Waals surface area contributed by atoms with Crippen molar-refractivity contribution in [3.8, 4) is 0 Å². The van der Waals surface area contributed by atoms with E-state index in [0.29, 0.717) is 12.3 Å². The van der Waals surface area contributed by atoms with Crippen molar-refractivity contribution >= 4 is 6.29 Å². The molecule has 1 radical (unpaired) electrons. The van der Waals surface area contributed by atoms with Gasteiger partial charge in [-0.1, -0.05) is 20.8 Å². The van der Waals surface area contributed by atoms with E-state index in [4.69, 9.17) is 4.74 Å². The second kappa shape index (κ2) is 7.29. The summed E-state index contributed by atoms with van der Waals surface area (Å²) in [5, 5.41) is 0. The summed E-state index contributed by atoms with van der Waals surface area (Å²) in [4.78, 5) is 10.2. The highest BCUT2D eigenvalue weighted by Gasteiger charge is 2.14. The largest absolute Gasteiger partial charge is 0.378 e. The fourth-order valence-corrected chi connectivity index (χ4v) is 1.10. The molecule has 0 aliphatic carbocycles. The second-order valence-corrected chi connectivity index (χ2v) is 3.08. The van der Waals surface area contributed by atoms with Crippen LogP contribution < -0.4 is 0 Å². The first-order chi connectivity index (χ1) is 5.76. The maximum absolute atomic E-state index is 10.2. The van der Waals surface area contributed by atoms with E-state index in [1.165, 1.54) is 0 Å². The van der Waals surface area contributed by atoms with Crippen LogP contribution in [0.25, 0.3) is 0 Å². The predicted molar refractivity (Wildman–Crippen MR) is 49.9 cm³/mol. The molecule has 0 fully saturated rings. The summed E-state index contributed by atoms with van der Waals surface area (Å²) in [6, 6.07) is 0. The van der Waals surface area contributed by atoms with E-state index in [2.05, 4.69) is 13.8 Å². The van der Waals surface area contributed by atoms with E-state index in [1.807, 2.05) is 6.92 Å². The fourth-order valence-electron chi connectivity index (χ4n) is 1.10. The monoisotopic (exact) mass is 171 g/mol. The molecule has 2 unspecified atom stereocenters. The van der Waals surface area contributed by atoms with Crippen molar-refractivity contribution in [1.29, 1.82) is 0 Å².